The average Bonchev–Trinajstić information content (AvgIpc) is 2.97. The fraction of sp³-hybridized carbons (Fsp3) is 0.333. The SMILES string of the molecule is C=C(C)c1ccc(OCC2CO2)cc1Cl. The van der Waals surface area contributed by atoms with Crippen LogP contribution in [0.25, 0.3) is 5.57 Å². The van der Waals surface area contributed by atoms with Crippen LogP contribution in [0.3, 0.4) is 0 Å². The molecule has 1 saturated heterocycles. The van der Waals surface area contributed by atoms with E-state index in [0.29, 0.717) is 11.6 Å². The Kier molecular flexibility index (Phi) is 2.98. The lowest BCUT2D eigenvalue weighted by atomic mass is 10.1. The zero-order valence-electron chi connectivity index (χ0n) is 8.63. The highest BCUT2D eigenvalue weighted by Crippen LogP contribution is 2.27. The molecule has 15 heavy (non-hydrogen) atoms. The van der Waals surface area contributed by atoms with Crippen LogP contribution in [0.1, 0.15) is 12.5 Å². The second-order valence-electron chi connectivity index (χ2n) is 3.69. The van der Waals surface area contributed by atoms with Gasteiger partial charge in [-0.2, -0.15) is 0 Å². The highest BCUT2D eigenvalue weighted by Gasteiger charge is 2.23. The average molecular weight is 225 g/mol. The first-order valence-electron chi connectivity index (χ1n) is 4.86. The van der Waals surface area contributed by atoms with Crippen LogP contribution in [0, 0.1) is 0 Å². The number of epoxide rings is 1. The molecule has 2 nitrogen and oxygen atoms in total. The first-order valence-corrected chi connectivity index (χ1v) is 5.24. The van der Waals surface area contributed by atoms with Crippen molar-refractivity contribution in [2.75, 3.05) is 13.2 Å². The minimum atomic E-state index is 0.268. The molecule has 0 spiro atoms. The highest BCUT2D eigenvalue weighted by molar-refractivity contribution is 6.32. The predicted octanol–water partition coefficient (Wildman–Crippen LogP) is 3.15. The monoisotopic (exact) mass is 224 g/mol. The number of ether oxygens (including phenoxy) is 2. The molecule has 2 rings (SSSR count). The van der Waals surface area contributed by atoms with E-state index in [0.717, 1.165) is 23.5 Å². The van der Waals surface area contributed by atoms with Gasteiger partial charge >= 0.3 is 0 Å². The Bertz CT molecular complexity index is 383. The lowest BCUT2D eigenvalue weighted by molar-refractivity contribution is 0.263. The van der Waals surface area contributed by atoms with Crippen LogP contribution < -0.4 is 4.74 Å². The maximum atomic E-state index is 6.08. The minimum absolute atomic E-state index is 0.268. The summed E-state index contributed by atoms with van der Waals surface area (Å²) in [7, 11) is 0. The summed E-state index contributed by atoms with van der Waals surface area (Å²) in [6.45, 7) is 7.19. The molecule has 80 valence electrons. The Labute approximate surface area is 94.5 Å². The number of hydrogen-bond donors (Lipinski definition) is 0. The van der Waals surface area contributed by atoms with Gasteiger partial charge in [0.15, 0.2) is 0 Å². The maximum Gasteiger partial charge on any atom is 0.120 e. The van der Waals surface area contributed by atoms with Gasteiger partial charge in [0.1, 0.15) is 18.5 Å². The third kappa shape index (κ3) is 2.74. The first kappa shape index (κ1) is 10.5. The molecule has 1 aromatic rings. The smallest absolute Gasteiger partial charge is 0.120 e. The Hall–Kier alpha value is -0.990. The first-order chi connectivity index (χ1) is 7.16. The van der Waals surface area contributed by atoms with E-state index in [2.05, 4.69) is 6.58 Å². The van der Waals surface area contributed by atoms with Crippen molar-refractivity contribution in [3.63, 3.8) is 0 Å². The van der Waals surface area contributed by atoms with Gasteiger partial charge in [-0.15, -0.1) is 0 Å². The van der Waals surface area contributed by atoms with E-state index in [4.69, 9.17) is 21.1 Å². The standard InChI is InChI=1S/C12H13ClO2/c1-8(2)11-4-3-9(5-12(11)13)14-6-10-7-15-10/h3-5,10H,1,6-7H2,2H3. The summed E-state index contributed by atoms with van der Waals surface area (Å²) in [5.41, 5.74) is 1.92. The maximum absolute atomic E-state index is 6.08. The van der Waals surface area contributed by atoms with Crippen molar-refractivity contribution in [1.82, 2.24) is 0 Å². The molecule has 1 fully saturated rings. The Morgan fingerprint density at radius 3 is 2.93 bits per heavy atom. The molecule has 0 bridgehead atoms. The largest absolute Gasteiger partial charge is 0.491 e. The van der Waals surface area contributed by atoms with Gasteiger partial charge in [0.05, 0.1) is 11.6 Å². The van der Waals surface area contributed by atoms with Gasteiger partial charge in [0.25, 0.3) is 0 Å². The summed E-state index contributed by atoms with van der Waals surface area (Å²) in [5, 5.41) is 0.678. The van der Waals surface area contributed by atoms with Crippen LogP contribution in [0.5, 0.6) is 5.75 Å². The zero-order chi connectivity index (χ0) is 10.8. The minimum Gasteiger partial charge on any atom is -0.491 e. The predicted molar refractivity (Wildman–Crippen MR) is 61.4 cm³/mol. The van der Waals surface area contributed by atoms with Crippen LogP contribution in [-0.4, -0.2) is 19.3 Å². The van der Waals surface area contributed by atoms with Crippen molar-refractivity contribution < 1.29 is 9.47 Å². The molecule has 0 radical (unpaired) electrons. The number of allylic oxidation sites excluding steroid dienone is 1. The normalized spacial score (nSPS) is 18.7. The molecule has 1 heterocycles. The molecule has 3 heteroatoms. The third-order valence-corrected chi connectivity index (χ3v) is 2.55. The molecule has 0 amide bonds. The molecule has 1 aliphatic heterocycles. The Morgan fingerprint density at radius 2 is 2.40 bits per heavy atom. The van der Waals surface area contributed by atoms with Crippen LogP contribution in [0.15, 0.2) is 24.8 Å². The van der Waals surface area contributed by atoms with Crippen molar-refractivity contribution in [1.29, 1.82) is 0 Å². The fourth-order valence-corrected chi connectivity index (χ4v) is 1.62. The molecular formula is C12H13ClO2. The van der Waals surface area contributed by atoms with Crippen molar-refractivity contribution in [2.24, 2.45) is 0 Å². The van der Waals surface area contributed by atoms with E-state index in [1.807, 2.05) is 25.1 Å². The lowest BCUT2D eigenvalue weighted by Crippen LogP contribution is -2.03. The van der Waals surface area contributed by atoms with E-state index in [9.17, 15) is 0 Å². The topological polar surface area (TPSA) is 21.8 Å². The van der Waals surface area contributed by atoms with Crippen molar-refractivity contribution in [2.45, 2.75) is 13.0 Å². The molecule has 1 aliphatic rings. The summed E-state index contributed by atoms with van der Waals surface area (Å²) in [6.07, 6.45) is 0.268. The van der Waals surface area contributed by atoms with E-state index in [-0.39, 0.29) is 6.10 Å². The van der Waals surface area contributed by atoms with Crippen LogP contribution >= 0.6 is 11.6 Å². The molecule has 0 N–H and O–H groups in total. The summed E-state index contributed by atoms with van der Waals surface area (Å²) in [4.78, 5) is 0. The second-order valence-corrected chi connectivity index (χ2v) is 4.10. The van der Waals surface area contributed by atoms with Gasteiger partial charge in [0, 0.05) is 0 Å². The highest BCUT2D eigenvalue weighted by atomic mass is 35.5. The molecule has 0 aliphatic carbocycles. The number of rotatable bonds is 4. The van der Waals surface area contributed by atoms with Crippen LogP contribution in [-0.2, 0) is 4.74 Å². The van der Waals surface area contributed by atoms with Gasteiger partial charge in [0.2, 0.25) is 0 Å². The Morgan fingerprint density at radius 1 is 1.67 bits per heavy atom. The van der Waals surface area contributed by atoms with Gasteiger partial charge in [-0.25, -0.2) is 0 Å². The molecule has 1 unspecified atom stereocenters. The van der Waals surface area contributed by atoms with Crippen molar-refractivity contribution in [3.8, 4) is 5.75 Å². The number of halogens is 1. The summed E-state index contributed by atoms with van der Waals surface area (Å²) < 4.78 is 10.6. The molecule has 1 atom stereocenters. The van der Waals surface area contributed by atoms with Gasteiger partial charge in [-0.05, 0) is 36.3 Å². The molecule has 0 aromatic heterocycles. The van der Waals surface area contributed by atoms with Crippen LogP contribution in [0.2, 0.25) is 5.02 Å². The van der Waals surface area contributed by atoms with Gasteiger partial charge in [-0.1, -0.05) is 18.2 Å². The summed E-state index contributed by atoms with van der Waals surface area (Å²) in [5.74, 6) is 0.778. The van der Waals surface area contributed by atoms with Crippen molar-refractivity contribution in [3.05, 3.63) is 35.4 Å². The van der Waals surface area contributed by atoms with Crippen molar-refractivity contribution >= 4 is 17.2 Å². The lowest BCUT2D eigenvalue weighted by Gasteiger charge is -2.07. The number of benzene rings is 1. The number of hydrogen-bond acceptors (Lipinski definition) is 2. The molecule has 1 aromatic carbocycles. The van der Waals surface area contributed by atoms with Crippen LogP contribution in [0.4, 0.5) is 0 Å². The van der Waals surface area contributed by atoms with E-state index < -0.39 is 0 Å². The second kappa shape index (κ2) is 4.25. The van der Waals surface area contributed by atoms with Gasteiger partial charge < -0.3 is 9.47 Å². The summed E-state index contributed by atoms with van der Waals surface area (Å²) >= 11 is 6.08. The fourth-order valence-electron chi connectivity index (χ4n) is 1.29. The quantitative estimate of drug-likeness (QED) is 0.733. The Balaban J connectivity index is 2.06. The molecule has 0 saturated carbocycles. The van der Waals surface area contributed by atoms with E-state index >= 15 is 0 Å². The van der Waals surface area contributed by atoms with E-state index in [1.165, 1.54) is 0 Å². The third-order valence-electron chi connectivity index (χ3n) is 2.24. The zero-order valence-corrected chi connectivity index (χ0v) is 9.38. The molecular weight excluding hydrogens is 212 g/mol. The van der Waals surface area contributed by atoms with E-state index in [1.54, 1.807) is 0 Å². The summed E-state index contributed by atoms with van der Waals surface area (Å²) in [6, 6.07) is 5.64. The van der Waals surface area contributed by atoms with Gasteiger partial charge in [-0.3, -0.25) is 0 Å².